The second-order valence-electron chi connectivity index (χ2n) is 17.5. The number of aryl methyl sites for hydroxylation is 1. The lowest BCUT2D eigenvalue weighted by molar-refractivity contribution is -0.134. The highest BCUT2D eigenvalue weighted by molar-refractivity contribution is 5.96. The number of methoxy groups -OCH3 is 2. The molecule has 2 aromatic carbocycles. The van der Waals surface area contributed by atoms with Crippen molar-refractivity contribution in [1.29, 1.82) is 10.5 Å². The maximum atomic E-state index is 12.9. The molecule has 2 aliphatic rings. The third kappa shape index (κ3) is 17.4. The van der Waals surface area contributed by atoms with Crippen LogP contribution in [0.5, 0.6) is 0 Å². The molecule has 2 atom stereocenters. The number of anilines is 2. The number of benzene rings is 2. The summed E-state index contributed by atoms with van der Waals surface area (Å²) in [4.78, 5) is 55.1. The number of nitrogens with zero attached hydrogens (tertiary/aromatic N) is 6. The van der Waals surface area contributed by atoms with Gasteiger partial charge in [0.2, 0.25) is 5.91 Å². The van der Waals surface area contributed by atoms with E-state index in [1.807, 2.05) is 53.7 Å². The number of imidazole rings is 1. The van der Waals surface area contributed by atoms with Gasteiger partial charge in [-0.2, -0.15) is 10.5 Å². The molecule has 3 N–H and O–H groups in total. The molecule has 63 heavy (non-hydrogen) atoms. The van der Waals surface area contributed by atoms with Gasteiger partial charge in [0, 0.05) is 79.5 Å². The van der Waals surface area contributed by atoms with Crippen molar-refractivity contribution in [3.8, 4) is 12.1 Å². The van der Waals surface area contributed by atoms with Crippen molar-refractivity contribution in [1.82, 2.24) is 19.4 Å². The minimum atomic E-state index is -0.833. The summed E-state index contributed by atoms with van der Waals surface area (Å²) in [6.45, 7) is 17.1. The lowest BCUT2D eigenvalue weighted by Crippen LogP contribution is -2.45. The first kappa shape index (κ1) is 51.4. The first-order valence-corrected chi connectivity index (χ1v) is 21.4. The number of aromatic nitrogens is 2. The molecule has 0 bridgehead atoms. The van der Waals surface area contributed by atoms with Crippen molar-refractivity contribution in [2.75, 3.05) is 70.8 Å². The molecule has 3 aromatic rings. The summed E-state index contributed by atoms with van der Waals surface area (Å²) in [5, 5.41) is 32.1. The number of carbonyl (C=O) groups excluding carboxylic acids is 3. The summed E-state index contributed by atoms with van der Waals surface area (Å²) in [7, 11) is 3.34. The number of carboxylic acids is 1. The summed E-state index contributed by atoms with van der Waals surface area (Å²) in [5.74, 6) is -0.188. The van der Waals surface area contributed by atoms with Crippen LogP contribution in [-0.2, 0) is 35.1 Å². The van der Waals surface area contributed by atoms with Crippen LogP contribution < -0.4 is 10.6 Å². The fourth-order valence-corrected chi connectivity index (χ4v) is 7.03. The smallest absolute Gasteiger partial charge is 0.410 e. The van der Waals surface area contributed by atoms with Gasteiger partial charge in [-0.05, 0) is 116 Å². The Hall–Kier alpha value is -5.91. The van der Waals surface area contributed by atoms with Crippen LogP contribution in [0.25, 0.3) is 11.0 Å². The molecule has 5 rings (SSSR count). The van der Waals surface area contributed by atoms with E-state index in [2.05, 4.69) is 27.3 Å². The largest absolute Gasteiger partial charge is 0.481 e. The number of hydrogen-bond acceptors (Lipinski definition) is 12. The molecule has 0 radical (unpaired) electrons. The second-order valence-corrected chi connectivity index (χ2v) is 17.5. The number of nitrogens with one attached hydrogen (secondary N) is 2. The maximum absolute atomic E-state index is 12.9. The number of nitriles is 2. The van der Waals surface area contributed by atoms with E-state index in [1.54, 1.807) is 48.3 Å². The second kappa shape index (κ2) is 24.7. The van der Waals surface area contributed by atoms with Crippen LogP contribution >= 0.6 is 0 Å². The van der Waals surface area contributed by atoms with E-state index < -0.39 is 17.2 Å². The molecule has 0 unspecified atom stereocenters. The number of likely N-dealkylation sites (tertiary alicyclic amines) is 2. The Balaban J connectivity index is 0.000000309. The van der Waals surface area contributed by atoms with Crippen molar-refractivity contribution < 1.29 is 43.2 Å². The van der Waals surface area contributed by atoms with Crippen molar-refractivity contribution in [3.05, 3.63) is 53.3 Å². The van der Waals surface area contributed by atoms with Gasteiger partial charge in [-0.1, -0.05) is 0 Å². The molecule has 1 aromatic heterocycles. The van der Waals surface area contributed by atoms with Gasteiger partial charge in [0.25, 0.3) is 5.97 Å². The number of rotatable bonds is 12. The van der Waals surface area contributed by atoms with E-state index in [-0.39, 0.29) is 29.9 Å². The van der Waals surface area contributed by atoms with Gasteiger partial charge < -0.3 is 49.1 Å². The van der Waals surface area contributed by atoms with Crippen LogP contribution in [0.4, 0.5) is 21.0 Å². The van der Waals surface area contributed by atoms with Crippen molar-refractivity contribution >= 4 is 46.5 Å². The van der Waals surface area contributed by atoms with Crippen LogP contribution in [-0.4, -0.2) is 120 Å². The highest BCUT2D eigenvalue weighted by Gasteiger charge is 2.33. The Morgan fingerprint density at radius 2 is 1.37 bits per heavy atom. The Bertz CT molecular complexity index is 2070. The van der Waals surface area contributed by atoms with Gasteiger partial charge in [0.15, 0.2) is 0 Å². The Morgan fingerprint density at radius 1 is 0.810 bits per heavy atom. The van der Waals surface area contributed by atoms with Gasteiger partial charge in [0.05, 0.1) is 51.6 Å². The summed E-state index contributed by atoms with van der Waals surface area (Å²) in [6.07, 6.45) is 4.33. The number of aliphatic carboxylic acids is 1. The van der Waals surface area contributed by atoms with Crippen molar-refractivity contribution in [3.63, 3.8) is 0 Å². The van der Waals surface area contributed by atoms with Gasteiger partial charge in [-0.15, -0.1) is 0 Å². The molecule has 0 spiro atoms. The van der Waals surface area contributed by atoms with Crippen LogP contribution in [0.1, 0.15) is 110 Å². The number of carbonyl (C=O) groups is 4. The first-order valence-electron chi connectivity index (χ1n) is 21.4. The molecule has 0 saturated carbocycles. The Kier molecular flexibility index (Phi) is 20.1. The predicted octanol–water partition coefficient (Wildman–Crippen LogP) is 7.74. The standard InChI is InChI=1S/C22H32N4O4.C22H30N4O3.C2H4O2/c1-22(2,3)30-21(28)26-11-5-7-17(15-26)20(27)25-18-9-8-16(14-23)13-19(18)24-10-6-12-29-4;1-22(2,3)29-21(27)25-10-5-7-17(15-25)20-24-18-9-8-16(14-23)13-19(18)26(20)11-6-12-28-4;1-2(3)4/h8-9,13,17,24H,5-7,10-12,15H2,1-4H3,(H,25,27);8-9,13,17H,5-7,10-12,15H2,1-4H3;1H3,(H,3,4)/t2*17-;/m11./s1. The highest BCUT2D eigenvalue weighted by atomic mass is 16.6. The van der Waals surface area contributed by atoms with Gasteiger partial charge >= 0.3 is 12.2 Å². The lowest BCUT2D eigenvalue weighted by Gasteiger charge is -2.34. The van der Waals surface area contributed by atoms with E-state index in [0.29, 0.717) is 74.9 Å². The number of hydrogen-bond donors (Lipinski definition) is 3. The quantitative estimate of drug-likeness (QED) is 0.148. The number of carboxylic acid groups (broad SMARTS) is 1. The van der Waals surface area contributed by atoms with Gasteiger partial charge in [0.1, 0.15) is 17.0 Å². The molecule has 344 valence electrons. The average molecular weight is 875 g/mol. The zero-order valence-corrected chi connectivity index (χ0v) is 38.4. The Morgan fingerprint density at radius 3 is 1.95 bits per heavy atom. The highest BCUT2D eigenvalue weighted by Crippen LogP contribution is 2.31. The maximum Gasteiger partial charge on any atom is 0.410 e. The third-order valence-corrected chi connectivity index (χ3v) is 9.77. The number of piperidine rings is 2. The molecule has 3 heterocycles. The van der Waals surface area contributed by atoms with Crippen molar-refractivity contribution in [2.45, 2.75) is 111 Å². The summed E-state index contributed by atoms with van der Waals surface area (Å²) < 4.78 is 23.5. The average Bonchev–Trinajstić information content (AvgIpc) is 3.59. The molecule has 17 nitrogen and oxygen atoms in total. The molecule has 2 aliphatic heterocycles. The zero-order chi connectivity index (χ0) is 46.7. The zero-order valence-electron chi connectivity index (χ0n) is 38.4. The lowest BCUT2D eigenvalue weighted by atomic mass is 9.97. The summed E-state index contributed by atoms with van der Waals surface area (Å²) in [5.41, 5.74) is 3.20. The van der Waals surface area contributed by atoms with E-state index in [1.165, 1.54) is 0 Å². The van der Waals surface area contributed by atoms with Gasteiger partial charge in [-0.25, -0.2) is 14.6 Å². The molecule has 0 aliphatic carbocycles. The fraction of sp³-hybridized carbons (Fsp3) is 0.587. The third-order valence-electron chi connectivity index (χ3n) is 9.77. The fourth-order valence-electron chi connectivity index (χ4n) is 7.03. The van der Waals surface area contributed by atoms with E-state index in [0.717, 1.165) is 62.4 Å². The summed E-state index contributed by atoms with van der Waals surface area (Å²) >= 11 is 0. The Labute approximate surface area is 371 Å². The predicted molar refractivity (Wildman–Crippen MR) is 239 cm³/mol. The first-order chi connectivity index (χ1) is 29.8. The monoisotopic (exact) mass is 874 g/mol. The topological polar surface area (TPSA) is 221 Å². The molecule has 17 heteroatoms. The number of amides is 3. The molecular formula is C46H66N8O9. The summed E-state index contributed by atoms with van der Waals surface area (Å²) in [6, 6.07) is 15.0. The van der Waals surface area contributed by atoms with Crippen LogP contribution in [0.3, 0.4) is 0 Å². The minimum Gasteiger partial charge on any atom is -0.481 e. The SMILES string of the molecule is CC(=O)O.COCCCNc1cc(C#N)ccc1NC(=O)[C@@H]1CCCN(C(=O)OC(C)(C)C)C1.COCCCn1c([C@@H]2CCCN(C(=O)OC(C)(C)C)C2)nc2ccc(C#N)cc21. The molecule has 2 fully saturated rings. The van der Waals surface area contributed by atoms with E-state index in [4.69, 9.17) is 33.8 Å². The minimum absolute atomic E-state index is 0.136. The molecule has 3 amide bonds. The molecular weight excluding hydrogens is 809 g/mol. The molecule has 2 saturated heterocycles. The van der Waals surface area contributed by atoms with Crippen molar-refractivity contribution in [2.24, 2.45) is 5.92 Å². The van der Waals surface area contributed by atoms with Crippen LogP contribution in [0.2, 0.25) is 0 Å². The van der Waals surface area contributed by atoms with E-state index in [9.17, 15) is 24.9 Å². The number of fused-ring (bicyclic) bond motifs is 1. The normalized spacial score (nSPS) is 16.2. The van der Waals surface area contributed by atoms with Crippen LogP contribution in [0.15, 0.2) is 36.4 Å². The van der Waals surface area contributed by atoms with Gasteiger partial charge in [-0.3, -0.25) is 9.59 Å². The van der Waals surface area contributed by atoms with Crippen LogP contribution in [0, 0.1) is 28.6 Å². The van der Waals surface area contributed by atoms with E-state index >= 15 is 0 Å². The number of ether oxygens (including phenoxy) is 4.